The van der Waals surface area contributed by atoms with Crippen LogP contribution in [0.4, 0.5) is 15.0 Å². The lowest BCUT2D eigenvalue weighted by molar-refractivity contribution is -0.0355. The van der Waals surface area contributed by atoms with Gasteiger partial charge in [0.25, 0.3) is 0 Å². The third-order valence-electron chi connectivity index (χ3n) is 3.57. The van der Waals surface area contributed by atoms with Crippen LogP contribution < -0.4 is 10.6 Å². The highest BCUT2D eigenvalue weighted by atomic mass is 19.1. The maximum Gasteiger partial charge on any atom is 0.415 e. The molecule has 1 aromatic rings. The molecule has 1 aliphatic rings. The van der Waals surface area contributed by atoms with E-state index < -0.39 is 54.1 Å². The van der Waals surface area contributed by atoms with Crippen LogP contribution in [0.25, 0.3) is 0 Å². The minimum Gasteiger partial charge on any atom is -0.446 e. The van der Waals surface area contributed by atoms with Crippen molar-refractivity contribution in [3.63, 3.8) is 0 Å². The molecule has 1 aliphatic heterocycles. The smallest absolute Gasteiger partial charge is 0.415 e. The zero-order chi connectivity index (χ0) is 18.2. The molecule has 2 heterocycles. The van der Waals surface area contributed by atoms with Crippen molar-refractivity contribution in [1.82, 2.24) is 9.55 Å². The number of nitrogens with zero attached hydrogens (tertiary/aromatic N) is 3. The molecule has 9 nitrogen and oxygen atoms in total. The second kappa shape index (κ2) is 6.83. The van der Waals surface area contributed by atoms with Crippen molar-refractivity contribution < 1.29 is 28.9 Å². The van der Waals surface area contributed by atoms with Crippen LogP contribution in [0.2, 0.25) is 0 Å². The molecule has 0 unspecified atom stereocenters. The van der Waals surface area contributed by atoms with Gasteiger partial charge in [0.15, 0.2) is 17.9 Å². The van der Waals surface area contributed by atoms with Crippen LogP contribution in [0.15, 0.2) is 11.0 Å². The van der Waals surface area contributed by atoms with Crippen molar-refractivity contribution in [1.29, 1.82) is 0 Å². The van der Waals surface area contributed by atoms with Gasteiger partial charge in [-0.2, -0.15) is 4.98 Å². The first-order valence-electron chi connectivity index (χ1n) is 7.38. The summed E-state index contributed by atoms with van der Waals surface area (Å²) in [5.74, 6) is -1.49. The summed E-state index contributed by atoms with van der Waals surface area (Å²) in [6, 6.07) is 0. The molecule has 0 aromatic carbocycles. The lowest BCUT2D eigenvalue weighted by Gasteiger charge is -2.21. The van der Waals surface area contributed by atoms with Crippen LogP contribution in [0.3, 0.4) is 0 Å². The molecule has 134 valence electrons. The summed E-state index contributed by atoms with van der Waals surface area (Å²) >= 11 is 0. The number of anilines is 1. The molecular formula is C14H20FN3O6. The molecular weight excluding hydrogens is 325 g/mol. The third kappa shape index (κ3) is 3.40. The number of rotatable bonds is 3. The van der Waals surface area contributed by atoms with Crippen molar-refractivity contribution in [2.75, 3.05) is 11.9 Å². The van der Waals surface area contributed by atoms with Crippen LogP contribution in [0, 0.1) is 5.82 Å². The maximum atomic E-state index is 14.3. The standard InChI is InChI=1S/C14H20FN3O6/c1-6(2)23-14(22)17(4)11-8(15)5-18(13(21)16-11)12-10(20)9(19)7(3)24-12/h5-7,9-10,12,19-20H,1-4H3/t7-,9-,10-,12-/m0/s1. The van der Waals surface area contributed by atoms with Gasteiger partial charge in [0.05, 0.1) is 18.4 Å². The number of carbonyl (C=O) groups excluding carboxylic acids is 1. The van der Waals surface area contributed by atoms with E-state index >= 15 is 0 Å². The van der Waals surface area contributed by atoms with E-state index in [0.29, 0.717) is 0 Å². The Morgan fingerprint density at radius 1 is 1.46 bits per heavy atom. The van der Waals surface area contributed by atoms with E-state index in [1.807, 2.05) is 0 Å². The average molecular weight is 345 g/mol. The van der Waals surface area contributed by atoms with Crippen LogP contribution in [-0.4, -0.2) is 57.3 Å². The predicted molar refractivity (Wildman–Crippen MR) is 80.1 cm³/mol. The molecule has 2 N–H and O–H groups in total. The van der Waals surface area contributed by atoms with E-state index in [2.05, 4.69) is 4.98 Å². The van der Waals surface area contributed by atoms with Crippen LogP contribution in [-0.2, 0) is 9.47 Å². The fourth-order valence-electron chi connectivity index (χ4n) is 2.28. The van der Waals surface area contributed by atoms with Gasteiger partial charge in [-0.25, -0.2) is 14.0 Å². The van der Waals surface area contributed by atoms with E-state index in [-0.39, 0.29) is 0 Å². The minimum atomic E-state index is -1.41. The quantitative estimate of drug-likeness (QED) is 0.793. The van der Waals surface area contributed by atoms with Crippen LogP contribution in [0.5, 0.6) is 0 Å². The fourth-order valence-corrected chi connectivity index (χ4v) is 2.28. The van der Waals surface area contributed by atoms with Crippen molar-refractivity contribution in [2.24, 2.45) is 0 Å². The Labute approximate surface area is 137 Å². The summed E-state index contributed by atoms with van der Waals surface area (Å²) in [6.07, 6.45) is -5.15. The maximum absolute atomic E-state index is 14.3. The van der Waals surface area contributed by atoms with Gasteiger partial charge in [-0.3, -0.25) is 9.47 Å². The molecule has 0 bridgehead atoms. The number of carbonyl (C=O) groups is 1. The molecule has 24 heavy (non-hydrogen) atoms. The highest BCUT2D eigenvalue weighted by molar-refractivity contribution is 5.85. The van der Waals surface area contributed by atoms with E-state index in [1.54, 1.807) is 13.8 Å². The number of hydrogen-bond donors (Lipinski definition) is 2. The first-order valence-corrected chi connectivity index (χ1v) is 7.38. The van der Waals surface area contributed by atoms with Gasteiger partial charge < -0.3 is 19.7 Å². The first-order chi connectivity index (χ1) is 11.1. The number of hydrogen-bond acceptors (Lipinski definition) is 7. The number of aliphatic hydroxyl groups is 2. The summed E-state index contributed by atoms with van der Waals surface area (Å²) in [5, 5.41) is 19.6. The highest BCUT2D eigenvalue weighted by Crippen LogP contribution is 2.28. The molecule has 0 aliphatic carbocycles. The Morgan fingerprint density at radius 2 is 2.08 bits per heavy atom. The van der Waals surface area contributed by atoms with E-state index in [4.69, 9.17) is 9.47 Å². The van der Waals surface area contributed by atoms with Gasteiger partial charge in [-0.05, 0) is 20.8 Å². The van der Waals surface area contributed by atoms with Crippen LogP contribution in [0.1, 0.15) is 27.0 Å². The van der Waals surface area contributed by atoms with Gasteiger partial charge in [0, 0.05) is 7.05 Å². The molecule has 2 rings (SSSR count). The molecule has 0 saturated carbocycles. The highest BCUT2D eigenvalue weighted by Gasteiger charge is 2.42. The lowest BCUT2D eigenvalue weighted by atomic mass is 10.1. The van der Waals surface area contributed by atoms with Gasteiger partial charge in [0.1, 0.15) is 12.2 Å². The lowest BCUT2D eigenvalue weighted by Crippen LogP contribution is -2.38. The Kier molecular flexibility index (Phi) is 5.21. The summed E-state index contributed by atoms with van der Waals surface area (Å²) in [5.41, 5.74) is -0.944. The third-order valence-corrected chi connectivity index (χ3v) is 3.57. The summed E-state index contributed by atoms with van der Waals surface area (Å²) in [4.78, 5) is 28.2. The molecule has 1 fully saturated rings. The van der Waals surface area contributed by atoms with Gasteiger partial charge >= 0.3 is 11.8 Å². The first kappa shape index (κ1) is 18.3. The number of aliphatic hydroxyl groups excluding tert-OH is 2. The van der Waals surface area contributed by atoms with Gasteiger partial charge in [-0.1, -0.05) is 0 Å². The molecule has 0 spiro atoms. The summed E-state index contributed by atoms with van der Waals surface area (Å²) in [6.45, 7) is 4.75. The molecule has 1 amide bonds. The molecule has 1 aromatic heterocycles. The van der Waals surface area contributed by atoms with E-state index in [0.717, 1.165) is 15.7 Å². The fraction of sp³-hybridized carbons (Fsp3) is 0.643. The van der Waals surface area contributed by atoms with E-state index in [9.17, 15) is 24.2 Å². The average Bonchev–Trinajstić information content (AvgIpc) is 2.75. The molecule has 4 atom stereocenters. The van der Waals surface area contributed by atoms with Crippen molar-refractivity contribution in [3.05, 3.63) is 22.5 Å². The normalized spacial score (nSPS) is 26.7. The van der Waals surface area contributed by atoms with Crippen LogP contribution >= 0.6 is 0 Å². The number of aromatic nitrogens is 2. The second-order valence-electron chi connectivity index (χ2n) is 5.81. The second-order valence-corrected chi connectivity index (χ2v) is 5.81. The Bertz CT molecular complexity index is 679. The van der Waals surface area contributed by atoms with Gasteiger partial charge in [0.2, 0.25) is 0 Å². The zero-order valence-corrected chi connectivity index (χ0v) is 13.7. The van der Waals surface area contributed by atoms with Crippen molar-refractivity contribution >= 4 is 11.9 Å². The topological polar surface area (TPSA) is 114 Å². The Hall–Kier alpha value is -2.04. The van der Waals surface area contributed by atoms with Gasteiger partial charge in [-0.15, -0.1) is 0 Å². The number of ether oxygens (including phenoxy) is 2. The van der Waals surface area contributed by atoms with Crippen molar-refractivity contribution in [3.8, 4) is 0 Å². The predicted octanol–water partition coefficient (Wildman–Crippen LogP) is 0.00270. The van der Waals surface area contributed by atoms with E-state index in [1.165, 1.54) is 14.0 Å². The van der Waals surface area contributed by atoms with Crippen molar-refractivity contribution in [2.45, 2.75) is 51.4 Å². The molecule has 1 saturated heterocycles. The summed E-state index contributed by atoms with van der Waals surface area (Å²) < 4.78 is 25.2. The monoisotopic (exact) mass is 345 g/mol. The Morgan fingerprint density at radius 3 is 2.58 bits per heavy atom. The Balaban J connectivity index is 2.32. The summed E-state index contributed by atoms with van der Waals surface area (Å²) in [7, 11) is 1.21. The zero-order valence-electron chi connectivity index (χ0n) is 13.7. The number of halogens is 1. The minimum absolute atomic E-state index is 0.423. The number of amides is 1. The molecule has 10 heteroatoms. The molecule has 0 radical (unpaired) electrons. The largest absolute Gasteiger partial charge is 0.446 e. The SMILES string of the molecule is CC(C)OC(=O)N(C)c1nc(=O)n([C@H]2O[C@@H](C)[C@H](O)[C@@H]2O)cc1F.